The average molecular weight is 239 g/mol. The van der Waals surface area contributed by atoms with Crippen LogP contribution in [0.4, 0.5) is 0 Å². The van der Waals surface area contributed by atoms with Gasteiger partial charge in [0.2, 0.25) is 0 Å². The van der Waals surface area contributed by atoms with Gasteiger partial charge in [-0.3, -0.25) is 4.90 Å². The van der Waals surface area contributed by atoms with Crippen molar-refractivity contribution in [3.8, 4) is 0 Å². The fourth-order valence-electron chi connectivity index (χ4n) is 3.26. The molecule has 0 atom stereocenters. The van der Waals surface area contributed by atoms with E-state index in [1.807, 2.05) is 0 Å². The van der Waals surface area contributed by atoms with Crippen molar-refractivity contribution in [1.29, 1.82) is 0 Å². The Bertz CT molecular complexity index is 220. The molecule has 2 rings (SSSR count). The van der Waals surface area contributed by atoms with Gasteiger partial charge in [0.1, 0.15) is 0 Å². The van der Waals surface area contributed by atoms with Gasteiger partial charge in [0.15, 0.2) is 0 Å². The molecule has 0 aliphatic carbocycles. The molecule has 0 spiro atoms. The molecule has 0 amide bonds. The molecule has 0 unspecified atom stereocenters. The summed E-state index contributed by atoms with van der Waals surface area (Å²) >= 11 is 0. The van der Waals surface area contributed by atoms with Gasteiger partial charge in [-0.1, -0.05) is 13.8 Å². The summed E-state index contributed by atoms with van der Waals surface area (Å²) in [7, 11) is 0. The van der Waals surface area contributed by atoms with Crippen LogP contribution in [0.15, 0.2) is 0 Å². The molecule has 0 aromatic heterocycles. The molecule has 0 saturated carbocycles. The van der Waals surface area contributed by atoms with Crippen LogP contribution in [0, 0.1) is 5.41 Å². The van der Waals surface area contributed by atoms with Crippen molar-refractivity contribution in [3.05, 3.63) is 0 Å². The van der Waals surface area contributed by atoms with E-state index in [0.717, 1.165) is 0 Å². The zero-order valence-corrected chi connectivity index (χ0v) is 11.7. The number of hydrogen-bond acceptors (Lipinski definition) is 3. The maximum absolute atomic E-state index is 3.42. The molecule has 0 radical (unpaired) electrons. The first-order valence-electron chi connectivity index (χ1n) is 7.43. The molecule has 1 N–H and O–H groups in total. The van der Waals surface area contributed by atoms with E-state index in [0.29, 0.717) is 5.41 Å². The average Bonchev–Trinajstić information content (AvgIpc) is 2.82. The van der Waals surface area contributed by atoms with E-state index in [2.05, 4.69) is 29.0 Å². The Balaban J connectivity index is 1.70. The summed E-state index contributed by atoms with van der Waals surface area (Å²) in [5.74, 6) is 0. The van der Waals surface area contributed by atoms with E-state index in [1.54, 1.807) is 0 Å². The van der Waals surface area contributed by atoms with Gasteiger partial charge in [0.05, 0.1) is 0 Å². The minimum Gasteiger partial charge on any atom is -0.314 e. The van der Waals surface area contributed by atoms with Crippen LogP contribution in [0.1, 0.15) is 33.1 Å². The topological polar surface area (TPSA) is 18.5 Å². The highest BCUT2D eigenvalue weighted by atomic mass is 15.2. The number of rotatable bonds is 5. The molecule has 2 aliphatic rings. The molecule has 0 aromatic carbocycles. The number of nitrogens with one attached hydrogen (secondary N) is 1. The zero-order valence-electron chi connectivity index (χ0n) is 11.7. The monoisotopic (exact) mass is 239 g/mol. The molecule has 2 aliphatic heterocycles. The summed E-state index contributed by atoms with van der Waals surface area (Å²) in [6, 6.07) is 0. The second-order valence-corrected chi connectivity index (χ2v) is 5.82. The van der Waals surface area contributed by atoms with Crippen LogP contribution < -0.4 is 5.32 Å². The lowest BCUT2D eigenvalue weighted by Gasteiger charge is -2.30. The molecule has 100 valence electrons. The molecule has 3 heteroatoms. The first-order valence-corrected chi connectivity index (χ1v) is 7.43. The van der Waals surface area contributed by atoms with Gasteiger partial charge < -0.3 is 10.2 Å². The lowest BCUT2D eigenvalue weighted by atomic mass is 9.82. The minimum absolute atomic E-state index is 0.642. The third kappa shape index (κ3) is 3.43. The number of likely N-dealkylation sites (tertiary alicyclic amines) is 1. The van der Waals surface area contributed by atoms with E-state index in [-0.39, 0.29) is 0 Å². The van der Waals surface area contributed by atoms with Crippen LogP contribution in [-0.4, -0.2) is 62.2 Å². The van der Waals surface area contributed by atoms with Crippen LogP contribution in [0.5, 0.6) is 0 Å². The normalized spacial score (nSPS) is 26.5. The highest BCUT2D eigenvalue weighted by Crippen LogP contribution is 2.36. The Hall–Kier alpha value is -0.120. The van der Waals surface area contributed by atoms with Gasteiger partial charge in [-0.05, 0) is 31.2 Å². The number of hydrogen-bond donors (Lipinski definition) is 1. The summed E-state index contributed by atoms with van der Waals surface area (Å²) in [4.78, 5) is 5.30. The molecular formula is C14H29N3. The second kappa shape index (κ2) is 6.17. The van der Waals surface area contributed by atoms with E-state index >= 15 is 0 Å². The largest absolute Gasteiger partial charge is 0.314 e. The fourth-order valence-corrected chi connectivity index (χ4v) is 3.26. The van der Waals surface area contributed by atoms with Crippen LogP contribution in [-0.2, 0) is 0 Å². The molecule has 2 fully saturated rings. The first-order chi connectivity index (χ1) is 8.28. The minimum atomic E-state index is 0.642. The lowest BCUT2D eigenvalue weighted by Crippen LogP contribution is -2.46. The molecule has 2 heterocycles. The van der Waals surface area contributed by atoms with Gasteiger partial charge in [-0.25, -0.2) is 0 Å². The predicted octanol–water partition coefficient (Wildman–Crippen LogP) is 1.40. The van der Waals surface area contributed by atoms with Gasteiger partial charge in [-0.15, -0.1) is 0 Å². The van der Waals surface area contributed by atoms with Crippen molar-refractivity contribution < 1.29 is 0 Å². The molecular weight excluding hydrogens is 210 g/mol. The molecule has 0 aromatic rings. The summed E-state index contributed by atoms with van der Waals surface area (Å²) in [5.41, 5.74) is 0.642. The van der Waals surface area contributed by atoms with Crippen molar-refractivity contribution in [2.24, 2.45) is 5.41 Å². The van der Waals surface area contributed by atoms with Crippen molar-refractivity contribution in [2.75, 3.05) is 52.4 Å². The summed E-state index contributed by atoms with van der Waals surface area (Å²) in [6.07, 6.45) is 4.13. The van der Waals surface area contributed by atoms with Crippen LogP contribution in [0.2, 0.25) is 0 Å². The summed E-state index contributed by atoms with van der Waals surface area (Å²) in [6.45, 7) is 14.8. The molecule has 0 bridgehead atoms. The Morgan fingerprint density at radius 2 is 1.59 bits per heavy atom. The molecule has 17 heavy (non-hydrogen) atoms. The van der Waals surface area contributed by atoms with Gasteiger partial charge in [0, 0.05) is 45.8 Å². The second-order valence-electron chi connectivity index (χ2n) is 5.82. The van der Waals surface area contributed by atoms with Crippen LogP contribution in [0.3, 0.4) is 0 Å². The highest BCUT2D eigenvalue weighted by molar-refractivity contribution is 4.88. The molecule has 2 saturated heterocycles. The van der Waals surface area contributed by atoms with Gasteiger partial charge >= 0.3 is 0 Å². The summed E-state index contributed by atoms with van der Waals surface area (Å²) < 4.78 is 0. The highest BCUT2D eigenvalue weighted by Gasteiger charge is 2.34. The van der Waals surface area contributed by atoms with E-state index in [4.69, 9.17) is 0 Å². The Morgan fingerprint density at radius 3 is 2.18 bits per heavy atom. The SMILES string of the molecule is CCC1(CC)CCN(CCN2CCNCC2)C1. The zero-order chi connectivity index (χ0) is 12.1. The van der Waals surface area contributed by atoms with Crippen molar-refractivity contribution in [1.82, 2.24) is 15.1 Å². The van der Waals surface area contributed by atoms with E-state index in [1.165, 1.54) is 71.6 Å². The lowest BCUT2D eigenvalue weighted by molar-refractivity contribution is 0.188. The maximum atomic E-state index is 3.42. The third-order valence-corrected chi connectivity index (χ3v) is 4.96. The Labute approximate surface area is 107 Å². The van der Waals surface area contributed by atoms with Crippen molar-refractivity contribution >= 4 is 0 Å². The maximum Gasteiger partial charge on any atom is 0.0110 e. The van der Waals surface area contributed by atoms with E-state index in [9.17, 15) is 0 Å². The van der Waals surface area contributed by atoms with Crippen LogP contribution in [0.25, 0.3) is 0 Å². The first kappa shape index (κ1) is 13.3. The fraction of sp³-hybridized carbons (Fsp3) is 1.00. The third-order valence-electron chi connectivity index (χ3n) is 4.96. The number of nitrogens with zero attached hydrogens (tertiary/aromatic N) is 2. The summed E-state index contributed by atoms with van der Waals surface area (Å²) in [5, 5.41) is 3.42. The quantitative estimate of drug-likeness (QED) is 0.782. The Kier molecular flexibility index (Phi) is 4.83. The molecule has 3 nitrogen and oxygen atoms in total. The number of piperazine rings is 1. The van der Waals surface area contributed by atoms with Crippen LogP contribution >= 0.6 is 0 Å². The van der Waals surface area contributed by atoms with Crippen molar-refractivity contribution in [2.45, 2.75) is 33.1 Å². The van der Waals surface area contributed by atoms with Gasteiger partial charge in [-0.2, -0.15) is 0 Å². The van der Waals surface area contributed by atoms with Gasteiger partial charge in [0.25, 0.3) is 0 Å². The standard InChI is InChI=1S/C14H29N3/c1-3-14(4-2)5-8-17(13-14)12-11-16-9-6-15-7-10-16/h15H,3-13H2,1-2H3. The smallest absolute Gasteiger partial charge is 0.0110 e. The Morgan fingerprint density at radius 1 is 0.941 bits per heavy atom. The predicted molar refractivity (Wildman–Crippen MR) is 73.4 cm³/mol. The van der Waals surface area contributed by atoms with E-state index < -0.39 is 0 Å². The van der Waals surface area contributed by atoms with Crippen molar-refractivity contribution in [3.63, 3.8) is 0 Å².